The molecule has 2 rings (SSSR count). The first-order chi connectivity index (χ1) is 11.7. The predicted molar refractivity (Wildman–Crippen MR) is 96.0 cm³/mol. The summed E-state index contributed by atoms with van der Waals surface area (Å²) in [6.07, 6.45) is 0.773. The number of amides is 1. The topological polar surface area (TPSA) is 75.3 Å². The Balaban J connectivity index is 2.32. The molecule has 0 atom stereocenters. The fourth-order valence-electron chi connectivity index (χ4n) is 2.12. The molecule has 0 aliphatic heterocycles. The van der Waals surface area contributed by atoms with Crippen LogP contribution in [0, 0.1) is 12.7 Å². The summed E-state index contributed by atoms with van der Waals surface area (Å²) in [6, 6.07) is 7.79. The molecule has 0 bridgehead atoms. The monoisotopic (exact) mass is 384 g/mol. The molecule has 2 aromatic rings. The normalized spacial score (nSPS) is 11.2. The van der Waals surface area contributed by atoms with Crippen LogP contribution in [0.1, 0.15) is 29.3 Å². The highest BCUT2D eigenvalue weighted by Crippen LogP contribution is 2.23. The molecule has 134 valence electrons. The van der Waals surface area contributed by atoms with Crippen LogP contribution in [-0.2, 0) is 10.0 Å². The molecule has 0 aliphatic rings. The van der Waals surface area contributed by atoms with E-state index in [-0.39, 0.29) is 27.1 Å². The number of aryl methyl sites for hydroxylation is 1. The molecule has 2 N–H and O–H groups in total. The summed E-state index contributed by atoms with van der Waals surface area (Å²) in [5.74, 6) is -0.976. The number of hydrogen-bond acceptors (Lipinski definition) is 3. The second kappa shape index (κ2) is 7.84. The lowest BCUT2D eigenvalue weighted by atomic mass is 10.1. The number of hydrogen-bond donors (Lipinski definition) is 2. The number of sulfonamides is 1. The van der Waals surface area contributed by atoms with Crippen LogP contribution in [0.25, 0.3) is 0 Å². The van der Waals surface area contributed by atoms with Gasteiger partial charge in [-0.15, -0.1) is 0 Å². The highest BCUT2D eigenvalue weighted by molar-refractivity contribution is 7.92. The number of nitrogens with one attached hydrogen (secondary N) is 2. The second-order valence-corrected chi connectivity index (χ2v) is 7.56. The van der Waals surface area contributed by atoms with Crippen molar-refractivity contribution in [1.82, 2.24) is 5.32 Å². The van der Waals surface area contributed by atoms with Gasteiger partial charge in [-0.25, -0.2) is 12.8 Å². The zero-order chi connectivity index (χ0) is 18.6. The van der Waals surface area contributed by atoms with Crippen LogP contribution in [0.4, 0.5) is 10.1 Å². The highest BCUT2D eigenvalue weighted by atomic mass is 35.5. The predicted octanol–water partition coefficient (Wildman–Crippen LogP) is 3.73. The summed E-state index contributed by atoms with van der Waals surface area (Å²) in [7, 11) is -3.95. The van der Waals surface area contributed by atoms with E-state index in [9.17, 15) is 17.6 Å². The van der Waals surface area contributed by atoms with Gasteiger partial charge in [-0.3, -0.25) is 9.52 Å². The summed E-state index contributed by atoms with van der Waals surface area (Å²) in [5, 5.41) is 2.53. The van der Waals surface area contributed by atoms with E-state index in [1.54, 1.807) is 13.0 Å². The van der Waals surface area contributed by atoms with Gasteiger partial charge in [0.05, 0.1) is 15.6 Å². The van der Waals surface area contributed by atoms with Crippen molar-refractivity contribution in [1.29, 1.82) is 0 Å². The van der Waals surface area contributed by atoms with Crippen LogP contribution < -0.4 is 10.0 Å². The Labute approximate surface area is 151 Å². The van der Waals surface area contributed by atoms with Crippen molar-refractivity contribution in [2.75, 3.05) is 11.3 Å². The molecule has 0 heterocycles. The Bertz CT molecular complexity index is 901. The Kier molecular flexibility index (Phi) is 6.02. The van der Waals surface area contributed by atoms with Crippen molar-refractivity contribution in [3.05, 3.63) is 58.4 Å². The highest BCUT2D eigenvalue weighted by Gasteiger charge is 2.18. The van der Waals surface area contributed by atoms with Crippen LogP contribution in [0.5, 0.6) is 0 Å². The van der Waals surface area contributed by atoms with Gasteiger partial charge in [0.2, 0.25) is 0 Å². The lowest BCUT2D eigenvalue weighted by molar-refractivity contribution is 0.0953. The van der Waals surface area contributed by atoms with Gasteiger partial charge in [-0.05, 0) is 49.2 Å². The molecule has 5 nitrogen and oxygen atoms in total. The summed E-state index contributed by atoms with van der Waals surface area (Å²) in [4.78, 5) is 12.1. The average Bonchev–Trinajstić information content (AvgIpc) is 2.56. The maximum atomic E-state index is 13.2. The van der Waals surface area contributed by atoms with Crippen molar-refractivity contribution in [3.8, 4) is 0 Å². The Morgan fingerprint density at radius 3 is 2.56 bits per heavy atom. The maximum Gasteiger partial charge on any atom is 0.261 e. The molecule has 0 aliphatic carbocycles. The molecule has 0 aromatic heterocycles. The van der Waals surface area contributed by atoms with E-state index in [0.29, 0.717) is 12.1 Å². The van der Waals surface area contributed by atoms with Crippen molar-refractivity contribution in [2.24, 2.45) is 0 Å². The van der Waals surface area contributed by atoms with E-state index in [4.69, 9.17) is 11.6 Å². The van der Waals surface area contributed by atoms with Gasteiger partial charge in [0.1, 0.15) is 5.82 Å². The number of rotatable bonds is 6. The smallest absolute Gasteiger partial charge is 0.261 e. The maximum absolute atomic E-state index is 13.2. The van der Waals surface area contributed by atoms with Gasteiger partial charge in [-0.2, -0.15) is 0 Å². The fraction of sp³-hybridized carbons (Fsp3) is 0.235. The number of benzene rings is 2. The summed E-state index contributed by atoms with van der Waals surface area (Å²) >= 11 is 5.66. The van der Waals surface area contributed by atoms with Crippen LogP contribution in [0.15, 0.2) is 41.3 Å². The largest absolute Gasteiger partial charge is 0.352 e. The molecule has 25 heavy (non-hydrogen) atoms. The van der Waals surface area contributed by atoms with Gasteiger partial charge >= 0.3 is 0 Å². The van der Waals surface area contributed by atoms with Gasteiger partial charge in [-0.1, -0.05) is 24.6 Å². The summed E-state index contributed by atoms with van der Waals surface area (Å²) in [5.41, 5.74) is 1.08. The van der Waals surface area contributed by atoms with E-state index < -0.39 is 15.8 Å². The van der Waals surface area contributed by atoms with Crippen molar-refractivity contribution < 1.29 is 17.6 Å². The summed E-state index contributed by atoms with van der Waals surface area (Å²) < 4.78 is 40.5. The van der Waals surface area contributed by atoms with E-state index in [0.717, 1.165) is 12.5 Å². The van der Waals surface area contributed by atoms with E-state index in [1.165, 1.54) is 24.3 Å². The van der Waals surface area contributed by atoms with Gasteiger partial charge < -0.3 is 5.32 Å². The first-order valence-corrected chi connectivity index (χ1v) is 9.47. The van der Waals surface area contributed by atoms with Gasteiger partial charge in [0, 0.05) is 12.1 Å². The van der Waals surface area contributed by atoms with Gasteiger partial charge in [0.15, 0.2) is 0 Å². The number of halogens is 2. The number of carbonyl (C=O) groups excluding carboxylic acids is 1. The van der Waals surface area contributed by atoms with Crippen LogP contribution >= 0.6 is 11.6 Å². The number of carbonyl (C=O) groups is 1. The van der Waals surface area contributed by atoms with Crippen LogP contribution in [-0.4, -0.2) is 20.9 Å². The third-order valence-electron chi connectivity index (χ3n) is 3.47. The summed E-state index contributed by atoms with van der Waals surface area (Å²) in [6.45, 7) is 4.15. The Hall–Kier alpha value is -2.12. The molecular formula is C17H18ClFN2O3S. The minimum atomic E-state index is -3.95. The van der Waals surface area contributed by atoms with E-state index >= 15 is 0 Å². The van der Waals surface area contributed by atoms with E-state index in [2.05, 4.69) is 10.0 Å². The SMILES string of the molecule is CCCNC(=O)c1cc(S(=O)(=O)Nc2ccc(F)c(Cl)c2)ccc1C. The molecule has 8 heteroatoms. The minimum absolute atomic E-state index is 0.0693. The Morgan fingerprint density at radius 1 is 1.20 bits per heavy atom. The zero-order valence-electron chi connectivity index (χ0n) is 13.8. The molecule has 2 aromatic carbocycles. The third-order valence-corrected chi connectivity index (χ3v) is 5.14. The first kappa shape index (κ1) is 19.2. The molecule has 0 unspecified atom stereocenters. The fourth-order valence-corrected chi connectivity index (χ4v) is 3.38. The average molecular weight is 385 g/mol. The molecular weight excluding hydrogens is 367 g/mol. The zero-order valence-corrected chi connectivity index (χ0v) is 15.3. The second-order valence-electron chi connectivity index (χ2n) is 5.47. The minimum Gasteiger partial charge on any atom is -0.352 e. The molecule has 0 saturated heterocycles. The molecule has 0 saturated carbocycles. The quantitative estimate of drug-likeness (QED) is 0.796. The van der Waals surface area contributed by atoms with Gasteiger partial charge in [0.25, 0.3) is 15.9 Å². The molecule has 0 radical (unpaired) electrons. The van der Waals surface area contributed by atoms with Crippen LogP contribution in [0.3, 0.4) is 0 Å². The van der Waals surface area contributed by atoms with Crippen molar-refractivity contribution in [2.45, 2.75) is 25.2 Å². The third kappa shape index (κ3) is 4.70. The Morgan fingerprint density at radius 2 is 1.92 bits per heavy atom. The van der Waals surface area contributed by atoms with E-state index in [1.807, 2.05) is 6.92 Å². The molecule has 0 fully saturated rings. The number of anilines is 1. The van der Waals surface area contributed by atoms with Crippen molar-refractivity contribution >= 4 is 33.2 Å². The molecule has 1 amide bonds. The van der Waals surface area contributed by atoms with Crippen LogP contribution in [0.2, 0.25) is 5.02 Å². The first-order valence-electron chi connectivity index (χ1n) is 7.61. The standard InChI is InChI=1S/C17H18ClFN2O3S/c1-3-8-20-17(22)14-10-13(6-4-11(14)2)25(23,24)21-12-5-7-16(19)15(18)9-12/h4-7,9-10,21H,3,8H2,1-2H3,(H,20,22). The lowest BCUT2D eigenvalue weighted by Gasteiger charge is -2.12. The lowest BCUT2D eigenvalue weighted by Crippen LogP contribution is -2.25. The molecule has 0 spiro atoms. The van der Waals surface area contributed by atoms with Crippen molar-refractivity contribution in [3.63, 3.8) is 0 Å².